The van der Waals surface area contributed by atoms with Crippen LogP contribution < -0.4 is 10.2 Å². The number of nitrogens with one attached hydrogen (secondary N) is 1. The zero-order valence-corrected chi connectivity index (χ0v) is 9.40. The normalized spacial score (nSPS) is 18.9. The number of fused-ring (bicyclic) bond motifs is 2. The number of anilines is 3. The monoisotopic (exact) mass is 246 g/mol. The Morgan fingerprint density at radius 1 is 1.39 bits per heavy atom. The molecule has 0 unspecified atom stereocenters. The smallest absolute Gasteiger partial charge is 0.259 e. The second-order valence-corrected chi connectivity index (χ2v) is 3.72. The van der Waals surface area contributed by atoms with Crippen molar-refractivity contribution in [3.63, 3.8) is 0 Å². The number of nitrogens with zero attached hydrogens (tertiary/aromatic N) is 3. The number of aromatic nitrogens is 2. The minimum absolute atomic E-state index is 0.0328. The maximum Gasteiger partial charge on any atom is 0.259 e. The van der Waals surface area contributed by atoms with E-state index in [1.807, 2.05) is 0 Å². The lowest BCUT2D eigenvalue weighted by Gasteiger charge is -2.18. The Labute approximate surface area is 113 Å². The molecule has 0 aliphatic carbocycles. The van der Waals surface area contributed by atoms with E-state index < -0.39 is 12.8 Å². The van der Waals surface area contributed by atoms with Gasteiger partial charge < -0.3 is 10.2 Å². The number of hydrogen-bond donors (Lipinski definition) is 1. The van der Waals surface area contributed by atoms with Crippen LogP contribution in [0.2, 0.25) is 0 Å². The molecule has 1 aliphatic heterocycles. The van der Waals surface area contributed by atoms with E-state index in [9.17, 15) is 4.79 Å². The Morgan fingerprint density at radius 3 is 3.11 bits per heavy atom. The van der Waals surface area contributed by atoms with Crippen LogP contribution in [0.25, 0.3) is 0 Å². The first kappa shape index (κ1) is 5.95. The predicted octanol–water partition coefficient (Wildman–Crippen LogP) is 2.12. The van der Waals surface area contributed by atoms with Crippen molar-refractivity contribution in [3.8, 4) is 0 Å². The highest BCUT2D eigenvalue weighted by Gasteiger charge is 2.25. The van der Waals surface area contributed by atoms with Gasteiger partial charge in [0.2, 0.25) is 0 Å². The van der Waals surface area contributed by atoms with E-state index in [1.54, 1.807) is 0 Å². The molecule has 90 valence electrons. The molecule has 18 heavy (non-hydrogen) atoms. The van der Waals surface area contributed by atoms with E-state index in [1.165, 1.54) is 11.9 Å². The highest BCUT2D eigenvalue weighted by molar-refractivity contribution is 6.11. The molecule has 0 aromatic carbocycles. The molecule has 0 radical (unpaired) electrons. The number of carbonyl (C=O) groups excluding carboxylic acids is 1. The van der Waals surface area contributed by atoms with Crippen LogP contribution in [0, 0.1) is 6.85 Å². The number of rotatable bonds is 0. The summed E-state index contributed by atoms with van der Waals surface area (Å²) in [7, 11) is 1.50. The molecule has 0 atom stereocenters. The van der Waals surface area contributed by atoms with Crippen LogP contribution in [0.1, 0.15) is 24.1 Å². The first-order chi connectivity index (χ1) is 11.1. The van der Waals surface area contributed by atoms with Gasteiger partial charge in [-0.05, 0) is 30.6 Å². The third-order valence-corrected chi connectivity index (χ3v) is 2.65. The largest absolute Gasteiger partial charge is 0.318 e. The van der Waals surface area contributed by atoms with Gasteiger partial charge in [-0.15, -0.1) is 0 Å². The lowest BCUT2D eigenvalue weighted by Crippen LogP contribution is -2.14. The van der Waals surface area contributed by atoms with Gasteiger partial charge >= 0.3 is 0 Å². The first-order valence-electron chi connectivity index (χ1n) is 8.14. The van der Waals surface area contributed by atoms with Crippen molar-refractivity contribution in [2.75, 3.05) is 17.3 Å². The molecule has 1 N–H and O–H groups in total. The summed E-state index contributed by atoms with van der Waals surface area (Å²) in [6, 6.07) is 0.591. The maximum atomic E-state index is 12.5. The first-order valence-corrected chi connectivity index (χ1v) is 5.14. The van der Waals surface area contributed by atoms with Gasteiger partial charge in [-0.2, -0.15) is 0 Å². The fraction of sp³-hybridized carbons (Fsp3) is 0.154. The van der Waals surface area contributed by atoms with E-state index in [0.717, 1.165) is 12.3 Å². The van der Waals surface area contributed by atoms with Gasteiger partial charge in [-0.1, -0.05) is 0 Å². The van der Waals surface area contributed by atoms with E-state index in [2.05, 4.69) is 15.3 Å². The van der Waals surface area contributed by atoms with Crippen molar-refractivity contribution in [1.29, 1.82) is 0 Å². The van der Waals surface area contributed by atoms with Crippen LogP contribution in [0.5, 0.6) is 0 Å². The molecule has 3 heterocycles. The maximum absolute atomic E-state index is 12.5. The lowest BCUT2D eigenvalue weighted by atomic mass is 10.2. The van der Waals surface area contributed by atoms with E-state index in [-0.39, 0.29) is 46.7 Å². The average Bonchev–Trinajstić information content (AvgIpc) is 2.53. The molecular weight excluding hydrogens is 228 g/mol. The molecule has 3 rings (SSSR count). The fourth-order valence-electron chi connectivity index (χ4n) is 1.78. The molecule has 0 fully saturated rings. The van der Waals surface area contributed by atoms with Crippen molar-refractivity contribution in [1.82, 2.24) is 9.97 Å². The van der Waals surface area contributed by atoms with Crippen molar-refractivity contribution in [2.45, 2.75) is 6.85 Å². The standard InChI is InChI=1S/C13H12N4O/c1-8-5-7-15-12-10(8)16-13(18)9-4-3-6-14-11(9)17(12)2/h3-7H,1-2H3,(H,16,18)/i1D3,4D,5D,6D. The van der Waals surface area contributed by atoms with E-state index in [0.29, 0.717) is 0 Å². The molecule has 5 heteroatoms. The summed E-state index contributed by atoms with van der Waals surface area (Å²) in [5, 5.41) is 2.44. The van der Waals surface area contributed by atoms with Gasteiger partial charge in [0, 0.05) is 23.5 Å². The molecule has 0 spiro atoms. The zero-order chi connectivity index (χ0) is 17.8. The SMILES string of the molecule is [2H]c1cc([2H])c2c(n1)N(C)c1ncc([2H])c(C([2H])([2H])[2H])c1NC2=O. The van der Waals surface area contributed by atoms with Gasteiger partial charge in [0.1, 0.15) is 5.82 Å². The van der Waals surface area contributed by atoms with Crippen LogP contribution in [-0.2, 0) is 0 Å². The van der Waals surface area contributed by atoms with E-state index in [4.69, 9.17) is 8.22 Å². The third-order valence-electron chi connectivity index (χ3n) is 2.65. The molecule has 0 saturated carbocycles. The van der Waals surface area contributed by atoms with Gasteiger partial charge in [-0.25, -0.2) is 9.97 Å². The second-order valence-electron chi connectivity index (χ2n) is 3.72. The molecule has 5 nitrogen and oxygen atoms in total. The molecular formula is C13H12N4O. The number of carbonyl (C=O) groups is 1. The van der Waals surface area contributed by atoms with Gasteiger partial charge in [0.15, 0.2) is 5.82 Å². The molecule has 2 aromatic rings. The minimum Gasteiger partial charge on any atom is -0.318 e. The Hall–Kier alpha value is -2.43. The molecule has 0 saturated heterocycles. The van der Waals surface area contributed by atoms with Crippen LogP contribution in [-0.4, -0.2) is 22.9 Å². The van der Waals surface area contributed by atoms with Gasteiger partial charge in [0.25, 0.3) is 5.91 Å². The Morgan fingerprint density at radius 2 is 2.28 bits per heavy atom. The Bertz CT molecular complexity index is 867. The second kappa shape index (κ2) is 3.80. The molecule has 2 aromatic heterocycles. The summed E-state index contributed by atoms with van der Waals surface area (Å²) in [4.78, 5) is 21.8. The number of pyridine rings is 2. The van der Waals surface area contributed by atoms with Crippen molar-refractivity contribution < 1.29 is 13.0 Å². The summed E-state index contributed by atoms with van der Waals surface area (Å²) < 4.78 is 46.3. The number of hydrogen-bond acceptors (Lipinski definition) is 4. The average molecular weight is 246 g/mol. The highest BCUT2D eigenvalue weighted by Crippen LogP contribution is 2.35. The predicted molar refractivity (Wildman–Crippen MR) is 69.2 cm³/mol. The highest BCUT2D eigenvalue weighted by atomic mass is 16.1. The molecule has 1 aliphatic rings. The minimum atomic E-state index is -2.63. The quantitative estimate of drug-likeness (QED) is 0.773. The summed E-state index contributed by atoms with van der Waals surface area (Å²) in [6.45, 7) is -2.63. The van der Waals surface area contributed by atoms with Crippen LogP contribution in [0.15, 0.2) is 30.5 Å². The zero-order valence-electron chi connectivity index (χ0n) is 15.4. The molecule has 0 bridgehead atoms. The van der Waals surface area contributed by atoms with Crippen LogP contribution in [0.4, 0.5) is 17.3 Å². The number of amides is 1. The van der Waals surface area contributed by atoms with E-state index >= 15 is 0 Å². The lowest BCUT2D eigenvalue weighted by molar-refractivity contribution is 0.102. The van der Waals surface area contributed by atoms with Gasteiger partial charge in [-0.3, -0.25) is 4.79 Å². The van der Waals surface area contributed by atoms with Crippen molar-refractivity contribution >= 4 is 23.2 Å². The fourth-order valence-corrected chi connectivity index (χ4v) is 1.78. The molecule has 1 amide bonds. The van der Waals surface area contributed by atoms with Crippen LogP contribution in [0.3, 0.4) is 0 Å². The van der Waals surface area contributed by atoms with Gasteiger partial charge in [0.05, 0.1) is 15.4 Å². The Balaban J connectivity index is 2.34. The topological polar surface area (TPSA) is 58.1 Å². The van der Waals surface area contributed by atoms with Crippen molar-refractivity contribution in [3.05, 3.63) is 41.6 Å². The van der Waals surface area contributed by atoms with Crippen molar-refractivity contribution in [2.24, 2.45) is 0 Å². The summed E-state index contributed by atoms with van der Waals surface area (Å²) >= 11 is 0. The summed E-state index contributed by atoms with van der Waals surface area (Å²) in [5.41, 5.74) is -0.536. The van der Waals surface area contributed by atoms with Crippen LogP contribution >= 0.6 is 0 Å². The summed E-state index contributed by atoms with van der Waals surface area (Å²) in [6.07, 6.45) is 0.885. The summed E-state index contributed by atoms with van der Waals surface area (Å²) in [5.74, 6) is -0.613. The third kappa shape index (κ3) is 1.44. The Kier molecular flexibility index (Phi) is 1.26.